The highest BCUT2D eigenvalue weighted by Crippen LogP contribution is 2.28. The molecule has 0 aromatic heterocycles. The summed E-state index contributed by atoms with van der Waals surface area (Å²) in [5.74, 6) is 1.89. The van der Waals surface area contributed by atoms with Crippen LogP contribution in [0.3, 0.4) is 0 Å². The maximum Gasteiger partial charge on any atom is 0.244 e. The first-order valence-electron chi connectivity index (χ1n) is 9.66. The van der Waals surface area contributed by atoms with Crippen LogP contribution in [0.15, 0.2) is 48.5 Å². The molecule has 1 fully saturated rings. The van der Waals surface area contributed by atoms with Crippen LogP contribution in [0.25, 0.3) is 6.08 Å². The van der Waals surface area contributed by atoms with Gasteiger partial charge in [0.15, 0.2) is 11.5 Å². The predicted octanol–water partition coefficient (Wildman–Crippen LogP) is 2.89. The summed E-state index contributed by atoms with van der Waals surface area (Å²) < 4.78 is 15.6. The third-order valence-electron chi connectivity index (χ3n) is 4.99. The quantitative estimate of drug-likeness (QED) is 0.677. The number of methoxy groups -OCH3 is 3. The van der Waals surface area contributed by atoms with E-state index in [0.717, 1.165) is 17.0 Å². The SMILES string of the molecule is COc1ccc(N2CC(CNC(=O)/C=C\c3ccc(OC)c(OC)c3)CC2=O)cc1. The van der Waals surface area contributed by atoms with E-state index in [2.05, 4.69) is 5.32 Å². The minimum absolute atomic E-state index is 0.0558. The first-order chi connectivity index (χ1) is 14.5. The third-order valence-corrected chi connectivity index (χ3v) is 4.99. The lowest BCUT2D eigenvalue weighted by molar-refractivity contribution is -0.118. The molecule has 0 spiro atoms. The van der Waals surface area contributed by atoms with Crippen LogP contribution >= 0.6 is 0 Å². The maximum atomic E-state index is 12.4. The summed E-state index contributed by atoms with van der Waals surface area (Å²) in [6.07, 6.45) is 3.59. The topological polar surface area (TPSA) is 77.1 Å². The molecule has 3 rings (SSSR count). The highest BCUT2D eigenvalue weighted by molar-refractivity contribution is 5.96. The van der Waals surface area contributed by atoms with E-state index in [1.54, 1.807) is 44.4 Å². The molecular formula is C23H26N2O5. The van der Waals surface area contributed by atoms with Crippen molar-refractivity contribution >= 4 is 23.6 Å². The van der Waals surface area contributed by atoms with Gasteiger partial charge in [0, 0.05) is 37.2 Å². The highest BCUT2D eigenvalue weighted by atomic mass is 16.5. The summed E-state index contributed by atoms with van der Waals surface area (Å²) in [7, 11) is 4.74. The Kier molecular flexibility index (Phi) is 6.95. The lowest BCUT2D eigenvalue weighted by atomic mass is 10.1. The molecule has 1 unspecified atom stereocenters. The van der Waals surface area contributed by atoms with Crippen LogP contribution < -0.4 is 24.4 Å². The van der Waals surface area contributed by atoms with Crippen LogP contribution in [0.5, 0.6) is 17.2 Å². The van der Waals surface area contributed by atoms with Gasteiger partial charge in [-0.05, 0) is 48.0 Å². The average Bonchev–Trinajstić information content (AvgIpc) is 3.16. The van der Waals surface area contributed by atoms with Crippen molar-refractivity contribution in [1.82, 2.24) is 5.32 Å². The van der Waals surface area contributed by atoms with E-state index in [0.29, 0.717) is 31.0 Å². The first-order valence-corrected chi connectivity index (χ1v) is 9.66. The van der Waals surface area contributed by atoms with Gasteiger partial charge >= 0.3 is 0 Å². The van der Waals surface area contributed by atoms with Crippen molar-refractivity contribution in [1.29, 1.82) is 0 Å². The summed E-state index contributed by atoms with van der Waals surface area (Å²) in [5.41, 5.74) is 1.66. The number of hydrogen-bond donors (Lipinski definition) is 1. The fraction of sp³-hybridized carbons (Fsp3) is 0.304. The molecule has 0 aliphatic carbocycles. The van der Waals surface area contributed by atoms with Crippen LogP contribution in [0.2, 0.25) is 0 Å². The third kappa shape index (κ3) is 5.11. The predicted molar refractivity (Wildman–Crippen MR) is 115 cm³/mol. The Bertz CT molecular complexity index is 924. The number of carbonyl (C=O) groups is 2. The molecule has 158 valence electrons. The van der Waals surface area contributed by atoms with Gasteiger partial charge in [0.1, 0.15) is 5.75 Å². The number of hydrogen-bond acceptors (Lipinski definition) is 5. The number of carbonyl (C=O) groups excluding carboxylic acids is 2. The minimum atomic E-state index is -0.208. The van der Waals surface area contributed by atoms with E-state index in [9.17, 15) is 9.59 Å². The maximum absolute atomic E-state index is 12.4. The molecule has 0 saturated carbocycles. The van der Waals surface area contributed by atoms with Crippen molar-refractivity contribution in [2.45, 2.75) is 6.42 Å². The zero-order valence-electron chi connectivity index (χ0n) is 17.4. The number of ether oxygens (including phenoxy) is 3. The fourth-order valence-electron chi connectivity index (χ4n) is 3.36. The number of amides is 2. The largest absolute Gasteiger partial charge is 0.497 e. The van der Waals surface area contributed by atoms with Crippen molar-refractivity contribution in [3.8, 4) is 17.2 Å². The molecule has 7 nitrogen and oxygen atoms in total. The molecule has 1 saturated heterocycles. The smallest absolute Gasteiger partial charge is 0.244 e. The van der Waals surface area contributed by atoms with E-state index < -0.39 is 0 Å². The number of benzene rings is 2. The molecule has 0 radical (unpaired) electrons. The van der Waals surface area contributed by atoms with Crippen LogP contribution in [-0.2, 0) is 9.59 Å². The van der Waals surface area contributed by atoms with Crippen LogP contribution in [0, 0.1) is 5.92 Å². The first kappa shape index (κ1) is 21.2. The molecule has 1 heterocycles. The number of nitrogens with one attached hydrogen (secondary N) is 1. The van der Waals surface area contributed by atoms with Gasteiger partial charge in [0.05, 0.1) is 21.3 Å². The van der Waals surface area contributed by atoms with Crippen molar-refractivity contribution < 1.29 is 23.8 Å². The van der Waals surface area contributed by atoms with Crippen molar-refractivity contribution in [2.75, 3.05) is 39.3 Å². The molecule has 1 N–H and O–H groups in total. The zero-order chi connectivity index (χ0) is 21.5. The molecule has 0 bridgehead atoms. The summed E-state index contributed by atoms with van der Waals surface area (Å²) in [4.78, 5) is 26.3. The molecular weight excluding hydrogens is 384 g/mol. The Morgan fingerprint density at radius 2 is 1.80 bits per heavy atom. The summed E-state index contributed by atoms with van der Waals surface area (Å²) in [6.45, 7) is 1.01. The minimum Gasteiger partial charge on any atom is -0.497 e. The molecule has 2 aromatic rings. The zero-order valence-corrected chi connectivity index (χ0v) is 17.4. The van der Waals surface area contributed by atoms with E-state index in [-0.39, 0.29) is 17.7 Å². The molecule has 1 atom stereocenters. The highest BCUT2D eigenvalue weighted by Gasteiger charge is 2.30. The van der Waals surface area contributed by atoms with Crippen LogP contribution in [0.4, 0.5) is 5.69 Å². The second kappa shape index (κ2) is 9.82. The Morgan fingerprint density at radius 3 is 2.47 bits per heavy atom. The van der Waals surface area contributed by atoms with Gasteiger partial charge in [-0.1, -0.05) is 6.07 Å². The van der Waals surface area contributed by atoms with E-state index >= 15 is 0 Å². The lowest BCUT2D eigenvalue weighted by Gasteiger charge is -2.17. The van der Waals surface area contributed by atoms with Gasteiger partial charge in [0.25, 0.3) is 0 Å². The Balaban J connectivity index is 1.52. The van der Waals surface area contributed by atoms with Gasteiger partial charge in [-0.15, -0.1) is 0 Å². The monoisotopic (exact) mass is 410 g/mol. The number of rotatable bonds is 8. The average molecular weight is 410 g/mol. The van der Waals surface area contributed by atoms with E-state index in [1.165, 1.54) is 6.08 Å². The van der Waals surface area contributed by atoms with Gasteiger partial charge in [-0.3, -0.25) is 9.59 Å². The normalized spacial score (nSPS) is 16.0. The number of nitrogens with zero attached hydrogens (tertiary/aromatic N) is 1. The molecule has 7 heteroatoms. The Labute approximate surface area is 176 Å². The number of anilines is 1. The van der Waals surface area contributed by atoms with Crippen molar-refractivity contribution in [3.05, 3.63) is 54.1 Å². The Morgan fingerprint density at radius 1 is 1.07 bits per heavy atom. The second-order valence-electron chi connectivity index (χ2n) is 6.97. The van der Waals surface area contributed by atoms with Gasteiger partial charge < -0.3 is 24.4 Å². The lowest BCUT2D eigenvalue weighted by Crippen LogP contribution is -2.30. The van der Waals surface area contributed by atoms with Gasteiger partial charge in [0.2, 0.25) is 11.8 Å². The van der Waals surface area contributed by atoms with Gasteiger partial charge in [-0.25, -0.2) is 0 Å². The Hall–Kier alpha value is -3.48. The standard InChI is InChI=1S/C23H26N2O5/c1-28-19-8-6-18(7-9-19)25-15-17(13-23(25)27)14-24-22(26)11-5-16-4-10-20(29-2)21(12-16)30-3/h4-12,17H,13-15H2,1-3H3,(H,24,26)/b11-5-. The summed E-state index contributed by atoms with van der Waals surface area (Å²) in [6, 6.07) is 12.8. The van der Waals surface area contributed by atoms with Crippen LogP contribution in [-0.4, -0.2) is 46.2 Å². The summed E-state index contributed by atoms with van der Waals surface area (Å²) in [5, 5.41) is 2.88. The van der Waals surface area contributed by atoms with E-state index in [1.807, 2.05) is 30.3 Å². The van der Waals surface area contributed by atoms with Gasteiger partial charge in [-0.2, -0.15) is 0 Å². The van der Waals surface area contributed by atoms with Crippen LogP contribution in [0.1, 0.15) is 12.0 Å². The molecule has 30 heavy (non-hydrogen) atoms. The molecule has 2 amide bonds. The van der Waals surface area contributed by atoms with E-state index in [4.69, 9.17) is 14.2 Å². The summed E-state index contributed by atoms with van der Waals surface area (Å²) >= 11 is 0. The van der Waals surface area contributed by atoms with Crippen molar-refractivity contribution in [3.63, 3.8) is 0 Å². The molecule has 1 aliphatic rings. The fourth-order valence-corrected chi connectivity index (χ4v) is 3.36. The second-order valence-corrected chi connectivity index (χ2v) is 6.97. The molecule has 2 aromatic carbocycles. The van der Waals surface area contributed by atoms with Crippen molar-refractivity contribution in [2.24, 2.45) is 5.92 Å². The molecule has 1 aliphatic heterocycles.